The van der Waals surface area contributed by atoms with Gasteiger partial charge in [-0.3, -0.25) is 9.48 Å². The van der Waals surface area contributed by atoms with Crippen LogP contribution in [0.5, 0.6) is 5.75 Å². The SMILES string of the molecule is Cn1cc2c(n1)CCCC2NC(=O)c1ccc(Cl)c(O)c1. The van der Waals surface area contributed by atoms with Crippen LogP contribution in [0.4, 0.5) is 0 Å². The minimum absolute atomic E-state index is 0.0345. The molecule has 110 valence electrons. The van der Waals surface area contributed by atoms with Gasteiger partial charge in [-0.05, 0) is 37.5 Å². The van der Waals surface area contributed by atoms with Crippen molar-refractivity contribution in [3.8, 4) is 5.75 Å². The summed E-state index contributed by atoms with van der Waals surface area (Å²) < 4.78 is 1.78. The molecule has 0 saturated carbocycles. The Morgan fingerprint density at radius 2 is 2.33 bits per heavy atom. The van der Waals surface area contributed by atoms with E-state index in [0.29, 0.717) is 5.56 Å². The van der Waals surface area contributed by atoms with Gasteiger partial charge >= 0.3 is 0 Å². The fraction of sp³-hybridized carbons (Fsp3) is 0.333. The zero-order chi connectivity index (χ0) is 15.0. The van der Waals surface area contributed by atoms with Gasteiger partial charge in [0.15, 0.2) is 0 Å². The lowest BCUT2D eigenvalue weighted by molar-refractivity contribution is 0.0932. The number of hydrogen-bond donors (Lipinski definition) is 2. The molecule has 0 fully saturated rings. The molecular weight excluding hydrogens is 290 g/mol. The van der Waals surface area contributed by atoms with Crippen LogP contribution in [0.3, 0.4) is 0 Å². The molecule has 1 aliphatic carbocycles. The number of carbonyl (C=O) groups excluding carboxylic acids is 1. The molecule has 1 amide bonds. The van der Waals surface area contributed by atoms with E-state index in [1.54, 1.807) is 10.7 Å². The van der Waals surface area contributed by atoms with E-state index >= 15 is 0 Å². The van der Waals surface area contributed by atoms with Gasteiger partial charge in [0.2, 0.25) is 0 Å². The third-order valence-corrected chi connectivity index (χ3v) is 4.05. The van der Waals surface area contributed by atoms with Crippen LogP contribution in [0.25, 0.3) is 0 Å². The monoisotopic (exact) mass is 305 g/mol. The first-order chi connectivity index (χ1) is 10.0. The maximum absolute atomic E-state index is 12.3. The lowest BCUT2D eigenvalue weighted by Gasteiger charge is -2.22. The van der Waals surface area contributed by atoms with Crippen molar-refractivity contribution in [2.45, 2.75) is 25.3 Å². The van der Waals surface area contributed by atoms with Crippen LogP contribution in [0.2, 0.25) is 5.02 Å². The average Bonchev–Trinajstić information content (AvgIpc) is 2.83. The molecule has 1 heterocycles. The summed E-state index contributed by atoms with van der Waals surface area (Å²) in [7, 11) is 1.88. The number of nitrogens with one attached hydrogen (secondary N) is 1. The lowest BCUT2D eigenvalue weighted by Crippen LogP contribution is -2.30. The molecule has 2 aromatic rings. The van der Waals surface area contributed by atoms with Crippen molar-refractivity contribution in [1.29, 1.82) is 0 Å². The summed E-state index contributed by atoms with van der Waals surface area (Å²) in [6, 6.07) is 4.46. The second-order valence-corrected chi connectivity index (χ2v) is 5.70. The minimum Gasteiger partial charge on any atom is -0.506 e. The van der Waals surface area contributed by atoms with E-state index in [2.05, 4.69) is 10.4 Å². The third-order valence-electron chi connectivity index (χ3n) is 3.73. The molecule has 0 aliphatic heterocycles. The van der Waals surface area contributed by atoms with E-state index in [-0.39, 0.29) is 22.7 Å². The van der Waals surface area contributed by atoms with Crippen molar-refractivity contribution in [2.24, 2.45) is 7.05 Å². The van der Waals surface area contributed by atoms with E-state index in [9.17, 15) is 9.90 Å². The largest absolute Gasteiger partial charge is 0.506 e. The molecule has 1 aromatic carbocycles. The number of fused-ring (bicyclic) bond motifs is 1. The maximum atomic E-state index is 12.3. The molecule has 6 heteroatoms. The van der Waals surface area contributed by atoms with Gasteiger partial charge in [0, 0.05) is 24.4 Å². The van der Waals surface area contributed by atoms with E-state index < -0.39 is 0 Å². The topological polar surface area (TPSA) is 67.2 Å². The minimum atomic E-state index is -0.219. The molecule has 2 N–H and O–H groups in total. The van der Waals surface area contributed by atoms with Crippen molar-refractivity contribution >= 4 is 17.5 Å². The smallest absolute Gasteiger partial charge is 0.251 e. The van der Waals surface area contributed by atoms with Crippen LogP contribution < -0.4 is 5.32 Å². The predicted molar refractivity (Wildman–Crippen MR) is 79.5 cm³/mol. The molecule has 3 rings (SSSR count). The number of aromatic nitrogens is 2. The zero-order valence-electron chi connectivity index (χ0n) is 11.6. The average molecular weight is 306 g/mol. The standard InChI is InChI=1S/C15H16ClN3O2/c1-19-8-10-12(3-2-4-13(10)18-19)17-15(21)9-5-6-11(16)14(20)7-9/h5-8,12,20H,2-4H2,1H3,(H,17,21). The number of nitrogens with zero attached hydrogens (tertiary/aromatic N) is 2. The van der Waals surface area contributed by atoms with Gasteiger partial charge < -0.3 is 10.4 Å². The van der Waals surface area contributed by atoms with Gasteiger partial charge in [-0.1, -0.05) is 11.6 Å². The van der Waals surface area contributed by atoms with E-state index in [4.69, 9.17) is 11.6 Å². The van der Waals surface area contributed by atoms with Crippen molar-refractivity contribution < 1.29 is 9.90 Å². The molecule has 0 radical (unpaired) electrons. The van der Waals surface area contributed by atoms with E-state index in [1.807, 2.05) is 13.2 Å². The number of benzene rings is 1. The van der Waals surface area contributed by atoms with Crippen molar-refractivity contribution in [3.63, 3.8) is 0 Å². The van der Waals surface area contributed by atoms with Gasteiger partial charge in [0.1, 0.15) is 5.75 Å². The van der Waals surface area contributed by atoms with Gasteiger partial charge in [0.05, 0.1) is 16.8 Å². The molecule has 1 aromatic heterocycles. The van der Waals surface area contributed by atoms with Crippen molar-refractivity contribution in [2.75, 3.05) is 0 Å². The predicted octanol–water partition coefficient (Wildman–Crippen LogP) is 2.59. The van der Waals surface area contributed by atoms with Crippen LogP contribution in [0, 0.1) is 0 Å². The summed E-state index contributed by atoms with van der Waals surface area (Å²) in [5.74, 6) is -0.307. The summed E-state index contributed by atoms with van der Waals surface area (Å²) in [6.07, 6.45) is 4.80. The number of phenols is 1. The first-order valence-electron chi connectivity index (χ1n) is 6.86. The number of hydrogen-bond acceptors (Lipinski definition) is 3. The highest BCUT2D eigenvalue weighted by atomic mass is 35.5. The Kier molecular flexibility index (Phi) is 3.59. The normalized spacial score (nSPS) is 17.3. The number of phenolic OH excluding ortho intramolecular Hbond substituents is 1. The molecule has 0 saturated heterocycles. The van der Waals surface area contributed by atoms with Gasteiger partial charge in [-0.25, -0.2) is 0 Å². The van der Waals surface area contributed by atoms with E-state index in [1.165, 1.54) is 12.1 Å². The number of halogens is 1. The lowest BCUT2D eigenvalue weighted by atomic mass is 9.93. The second kappa shape index (κ2) is 5.41. The van der Waals surface area contributed by atoms with Gasteiger partial charge in [-0.15, -0.1) is 0 Å². The van der Waals surface area contributed by atoms with Crippen LogP contribution in [0.1, 0.15) is 40.5 Å². The molecule has 21 heavy (non-hydrogen) atoms. The Morgan fingerprint density at radius 3 is 3.10 bits per heavy atom. The summed E-state index contributed by atoms with van der Waals surface area (Å²) in [5, 5.41) is 17.2. The summed E-state index contributed by atoms with van der Waals surface area (Å²) in [5.41, 5.74) is 2.52. The molecule has 0 bridgehead atoms. The van der Waals surface area contributed by atoms with Crippen LogP contribution >= 0.6 is 11.6 Å². The van der Waals surface area contributed by atoms with E-state index in [0.717, 1.165) is 30.5 Å². The molecule has 0 spiro atoms. The van der Waals surface area contributed by atoms with Crippen LogP contribution in [-0.2, 0) is 13.5 Å². The van der Waals surface area contributed by atoms with Gasteiger partial charge in [-0.2, -0.15) is 5.10 Å². The maximum Gasteiger partial charge on any atom is 0.251 e. The highest BCUT2D eigenvalue weighted by Gasteiger charge is 2.25. The summed E-state index contributed by atoms with van der Waals surface area (Å²) in [6.45, 7) is 0. The zero-order valence-corrected chi connectivity index (χ0v) is 12.4. The number of aryl methyl sites for hydroxylation is 2. The first-order valence-corrected chi connectivity index (χ1v) is 7.24. The van der Waals surface area contributed by atoms with Crippen molar-refractivity contribution in [3.05, 3.63) is 46.2 Å². The molecule has 1 unspecified atom stereocenters. The van der Waals surface area contributed by atoms with Crippen LogP contribution in [0.15, 0.2) is 24.4 Å². The molecular formula is C15H16ClN3O2. The Bertz CT molecular complexity index is 696. The Labute approximate surface area is 127 Å². The number of rotatable bonds is 2. The third kappa shape index (κ3) is 2.74. The molecule has 5 nitrogen and oxygen atoms in total. The Morgan fingerprint density at radius 1 is 1.52 bits per heavy atom. The summed E-state index contributed by atoms with van der Waals surface area (Å²) >= 11 is 5.75. The Balaban J connectivity index is 1.80. The molecule has 1 atom stereocenters. The first kappa shape index (κ1) is 13.9. The summed E-state index contributed by atoms with van der Waals surface area (Å²) in [4.78, 5) is 12.3. The fourth-order valence-corrected chi connectivity index (χ4v) is 2.83. The second-order valence-electron chi connectivity index (χ2n) is 5.29. The number of carbonyl (C=O) groups is 1. The highest BCUT2D eigenvalue weighted by Crippen LogP contribution is 2.29. The van der Waals surface area contributed by atoms with Crippen molar-refractivity contribution in [1.82, 2.24) is 15.1 Å². The van der Waals surface area contributed by atoms with Crippen LogP contribution in [-0.4, -0.2) is 20.8 Å². The van der Waals surface area contributed by atoms with Gasteiger partial charge in [0.25, 0.3) is 5.91 Å². The highest BCUT2D eigenvalue weighted by molar-refractivity contribution is 6.32. The number of amides is 1. The Hall–Kier alpha value is -2.01. The quantitative estimate of drug-likeness (QED) is 0.896. The molecule has 1 aliphatic rings. The number of aromatic hydroxyl groups is 1. The fourth-order valence-electron chi connectivity index (χ4n) is 2.71.